The van der Waals surface area contributed by atoms with E-state index in [0.717, 1.165) is 36.0 Å². The van der Waals surface area contributed by atoms with Crippen molar-refractivity contribution in [2.45, 2.75) is 39.2 Å². The van der Waals surface area contributed by atoms with Gasteiger partial charge in [-0.05, 0) is 61.4 Å². The van der Waals surface area contributed by atoms with Crippen LogP contribution < -0.4 is 9.47 Å². The van der Waals surface area contributed by atoms with Gasteiger partial charge in [-0.1, -0.05) is 0 Å². The molecule has 156 valence electrons. The number of ether oxygens (including phenoxy) is 3. The number of methoxy groups -OCH3 is 2. The minimum atomic E-state index is -0.409. The monoisotopic (exact) mass is 417 g/mol. The van der Waals surface area contributed by atoms with Crippen LogP contribution in [0.2, 0.25) is 0 Å². The van der Waals surface area contributed by atoms with Gasteiger partial charge in [0.1, 0.15) is 0 Å². The molecule has 2 aromatic rings. The molecule has 0 radical (unpaired) electrons. The molecule has 0 unspecified atom stereocenters. The third kappa shape index (κ3) is 4.72. The molecular formula is C22H27NO5S. The zero-order valence-corrected chi connectivity index (χ0v) is 18.2. The molecule has 0 fully saturated rings. The number of hydrogen-bond acceptors (Lipinski definition) is 6. The Balaban J connectivity index is 1.60. The van der Waals surface area contributed by atoms with Crippen molar-refractivity contribution in [3.05, 3.63) is 44.6 Å². The molecule has 29 heavy (non-hydrogen) atoms. The van der Waals surface area contributed by atoms with Crippen LogP contribution in [0.5, 0.6) is 11.5 Å². The van der Waals surface area contributed by atoms with Crippen LogP contribution in [0.3, 0.4) is 0 Å². The summed E-state index contributed by atoms with van der Waals surface area (Å²) in [6, 6.07) is 3.74. The third-order valence-electron chi connectivity index (χ3n) is 5.28. The van der Waals surface area contributed by atoms with E-state index in [0.29, 0.717) is 23.6 Å². The topological polar surface area (TPSA) is 65.1 Å². The van der Waals surface area contributed by atoms with Gasteiger partial charge < -0.3 is 19.1 Å². The first kappa shape index (κ1) is 21.2. The molecule has 0 N–H and O–H groups in total. The van der Waals surface area contributed by atoms with Crippen molar-refractivity contribution in [1.82, 2.24) is 4.90 Å². The van der Waals surface area contributed by atoms with Gasteiger partial charge in [-0.15, -0.1) is 11.3 Å². The Bertz CT molecular complexity index is 905. The summed E-state index contributed by atoms with van der Waals surface area (Å²) in [6.45, 7) is 2.07. The van der Waals surface area contributed by atoms with E-state index in [4.69, 9.17) is 14.2 Å². The fourth-order valence-electron chi connectivity index (χ4n) is 3.52. The Kier molecular flexibility index (Phi) is 6.79. The summed E-state index contributed by atoms with van der Waals surface area (Å²) >= 11 is 1.61. The number of likely N-dealkylation sites (N-methyl/N-ethyl adjacent to an activating group) is 1. The van der Waals surface area contributed by atoms with Crippen molar-refractivity contribution < 1.29 is 23.8 Å². The molecule has 1 aliphatic rings. The van der Waals surface area contributed by atoms with E-state index in [-0.39, 0.29) is 12.5 Å². The summed E-state index contributed by atoms with van der Waals surface area (Å²) in [4.78, 5) is 27.8. The van der Waals surface area contributed by atoms with Crippen LogP contribution in [-0.2, 0) is 28.9 Å². The molecule has 0 saturated heterocycles. The van der Waals surface area contributed by atoms with Crippen molar-refractivity contribution >= 4 is 23.2 Å². The lowest BCUT2D eigenvalue weighted by molar-refractivity contribution is -0.133. The van der Waals surface area contributed by atoms with Crippen molar-refractivity contribution in [3.8, 4) is 11.5 Å². The van der Waals surface area contributed by atoms with Crippen LogP contribution in [0.25, 0.3) is 0 Å². The number of amides is 1. The molecule has 1 amide bonds. The number of carbonyl (C=O) groups excluding carboxylic acids is 2. The number of fused-ring (bicyclic) bond motifs is 1. The third-order valence-corrected chi connectivity index (χ3v) is 6.37. The zero-order valence-electron chi connectivity index (χ0n) is 17.4. The van der Waals surface area contributed by atoms with Crippen molar-refractivity contribution in [3.63, 3.8) is 0 Å². The van der Waals surface area contributed by atoms with Crippen LogP contribution in [-0.4, -0.2) is 44.7 Å². The molecule has 3 rings (SSSR count). The van der Waals surface area contributed by atoms with Gasteiger partial charge in [-0.3, -0.25) is 4.79 Å². The molecule has 1 aliphatic carbocycles. The highest BCUT2D eigenvalue weighted by Crippen LogP contribution is 2.31. The average Bonchev–Trinajstić information content (AvgIpc) is 3.17. The van der Waals surface area contributed by atoms with E-state index in [1.165, 1.54) is 11.3 Å². The SMILES string of the molecule is COc1cc(C)c(CN(C)C(=O)COC(=O)c2csc3c2CCCC3)cc1OC. The van der Waals surface area contributed by atoms with Gasteiger partial charge >= 0.3 is 5.97 Å². The molecular weight excluding hydrogens is 390 g/mol. The molecule has 0 saturated carbocycles. The van der Waals surface area contributed by atoms with Gasteiger partial charge in [0.15, 0.2) is 18.1 Å². The summed E-state index contributed by atoms with van der Waals surface area (Å²) in [5, 5.41) is 1.86. The predicted octanol–water partition coefficient (Wildman–Crippen LogP) is 3.77. The van der Waals surface area contributed by atoms with Gasteiger partial charge in [0.05, 0.1) is 19.8 Å². The minimum absolute atomic E-state index is 0.253. The van der Waals surface area contributed by atoms with E-state index in [2.05, 4.69) is 0 Å². The summed E-state index contributed by atoms with van der Waals surface area (Å²) in [6.07, 6.45) is 4.20. The van der Waals surface area contributed by atoms with Crippen molar-refractivity contribution in [2.75, 3.05) is 27.9 Å². The molecule has 7 heteroatoms. The lowest BCUT2D eigenvalue weighted by Gasteiger charge is -2.20. The fourth-order valence-corrected chi connectivity index (χ4v) is 4.63. The number of esters is 1. The van der Waals surface area contributed by atoms with E-state index >= 15 is 0 Å². The smallest absolute Gasteiger partial charge is 0.339 e. The molecule has 6 nitrogen and oxygen atoms in total. The Labute approximate surface area is 175 Å². The Hall–Kier alpha value is -2.54. The van der Waals surface area contributed by atoms with E-state index in [1.54, 1.807) is 37.5 Å². The lowest BCUT2D eigenvalue weighted by Crippen LogP contribution is -2.31. The highest BCUT2D eigenvalue weighted by atomic mass is 32.1. The standard InChI is InChI=1S/C22H27NO5S/c1-14-9-18(26-3)19(27-4)10-15(14)11-23(2)21(24)12-28-22(25)17-13-29-20-8-6-5-7-16(17)20/h9-10,13H,5-8,11-12H2,1-4H3. The minimum Gasteiger partial charge on any atom is -0.493 e. The number of rotatable bonds is 7. The zero-order chi connectivity index (χ0) is 21.0. The molecule has 0 bridgehead atoms. The Morgan fingerprint density at radius 2 is 1.79 bits per heavy atom. The number of nitrogens with zero attached hydrogens (tertiary/aromatic N) is 1. The average molecular weight is 418 g/mol. The highest BCUT2D eigenvalue weighted by Gasteiger charge is 2.22. The number of hydrogen-bond donors (Lipinski definition) is 0. The van der Waals surface area contributed by atoms with Crippen LogP contribution in [0, 0.1) is 6.92 Å². The first-order valence-corrected chi connectivity index (χ1v) is 10.5. The van der Waals surface area contributed by atoms with Crippen LogP contribution in [0.4, 0.5) is 0 Å². The van der Waals surface area contributed by atoms with Gasteiger partial charge in [-0.2, -0.15) is 0 Å². The van der Waals surface area contributed by atoms with E-state index < -0.39 is 5.97 Å². The van der Waals surface area contributed by atoms with E-state index in [1.807, 2.05) is 24.4 Å². The summed E-state index contributed by atoms with van der Waals surface area (Å²) in [5.41, 5.74) is 3.66. The van der Waals surface area contributed by atoms with Gasteiger partial charge in [-0.25, -0.2) is 4.79 Å². The first-order chi connectivity index (χ1) is 13.9. The molecule has 0 aliphatic heterocycles. The van der Waals surface area contributed by atoms with Gasteiger partial charge in [0.25, 0.3) is 5.91 Å². The molecule has 1 aromatic heterocycles. The number of thiophene rings is 1. The normalized spacial score (nSPS) is 12.8. The molecule has 1 aromatic carbocycles. The largest absolute Gasteiger partial charge is 0.493 e. The van der Waals surface area contributed by atoms with E-state index in [9.17, 15) is 9.59 Å². The number of benzene rings is 1. The molecule has 1 heterocycles. The Morgan fingerprint density at radius 3 is 2.52 bits per heavy atom. The van der Waals surface area contributed by atoms with Gasteiger partial charge in [0.2, 0.25) is 0 Å². The molecule has 0 atom stereocenters. The van der Waals surface area contributed by atoms with Crippen molar-refractivity contribution in [2.24, 2.45) is 0 Å². The second-order valence-corrected chi connectivity index (χ2v) is 8.18. The highest BCUT2D eigenvalue weighted by molar-refractivity contribution is 7.10. The fraction of sp³-hybridized carbons (Fsp3) is 0.455. The van der Waals surface area contributed by atoms with Crippen LogP contribution >= 0.6 is 11.3 Å². The quantitative estimate of drug-likeness (QED) is 0.642. The summed E-state index contributed by atoms with van der Waals surface area (Å²) < 4.78 is 16.0. The van der Waals surface area contributed by atoms with Crippen molar-refractivity contribution in [1.29, 1.82) is 0 Å². The van der Waals surface area contributed by atoms with Crippen LogP contribution in [0.1, 0.15) is 44.8 Å². The number of aryl methyl sites for hydroxylation is 2. The predicted molar refractivity (Wildman–Crippen MR) is 112 cm³/mol. The summed E-state index contributed by atoms with van der Waals surface area (Å²) in [7, 11) is 4.86. The summed E-state index contributed by atoms with van der Waals surface area (Å²) in [5.74, 6) is 0.600. The second-order valence-electron chi connectivity index (χ2n) is 7.22. The maximum absolute atomic E-state index is 12.5. The first-order valence-electron chi connectivity index (χ1n) is 9.66. The second kappa shape index (κ2) is 9.31. The molecule has 0 spiro atoms. The lowest BCUT2D eigenvalue weighted by atomic mass is 9.96. The Morgan fingerprint density at radius 1 is 1.10 bits per heavy atom. The number of carbonyl (C=O) groups is 2. The maximum Gasteiger partial charge on any atom is 0.339 e. The van der Waals surface area contributed by atoms with Crippen LogP contribution in [0.15, 0.2) is 17.5 Å². The van der Waals surface area contributed by atoms with Gasteiger partial charge in [0, 0.05) is 23.8 Å². The maximum atomic E-state index is 12.5.